The standard InChI is InChI=1S/C18H20N/c1-3-12-19(4-2)18-11-7-10-16-15-9-6-5-8-14(15)13-17(16)18/h5-11,13H,3-4,12H2,1-2H3. The van der Waals surface area contributed by atoms with Crippen LogP contribution in [0.3, 0.4) is 0 Å². The normalized spacial score (nSPS) is 12.1. The topological polar surface area (TPSA) is 3.24 Å². The van der Waals surface area contributed by atoms with Crippen molar-refractivity contribution in [1.82, 2.24) is 0 Å². The fourth-order valence-electron chi connectivity index (χ4n) is 2.96. The molecule has 0 amide bonds. The minimum absolute atomic E-state index is 1.06. The Morgan fingerprint density at radius 3 is 2.47 bits per heavy atom. The molecule has 1 aliphatic carbocycles. The average molecular weight is 250 g/mol. The largest absolute Gasteiger partial charge is 0.372 e. The van der Waals surface area contributed by atoms with Gasteiger partial charge in [-0.05, 0) is 41.7 Å². The Labute approximate surface area is 115 Å². The molecule has 1 radical (unpaired) electrons. The maximum Gasteiger partial charge on any atom is 0.0411 e. The van der Waals surface area contributed by atoms with Gasteiger partial charge in [0, 0.05) is 25.2 Å². The molecule has 0 aromatic heterocycles. The fourth-order valence-corrected chi connectivity index (χ4v) is 2.96. The van der Waals surface area contributed by atoms with Crippen LogP contribution < -0.4 is 4.90 Å². The lowest BCUT2D eigenvalue weighted by Gasteiger charge is -2.25. The van der Waals surface area contributed by atoms with E-state index in [1.807, 2.05) is 0 Å². The zero-order valence-electron chi connectivity index (χ0n) is 11.7. The van der Waals surface area contributed by atoms with Gasteiger partial charge in [-0.1, -0.05) is 43.3 Å². The Balaban J connectivity index is 2.07. The average Bonchev–Trinajstić information content (AvgIpc) is 2.83. The zero-order valence-corrected chi connectivity index (χ0v) is 11.7. The maximum atomic E-state index is 2.47. The van der Waals surface area contributed by atoms with Crippen molar-refractivity contribution in [3.63, 3.8) is 0 Å². The molecular formula is C18H20N. The second-order valence-corrected chi connectivity index (χ2v) is 5.05. The number of hydrogen-bond acceptors (Lipinski definition) is 1. The van der Waals surface area contributed by atoms with Crippen LogP contribution in [-0.2, 0) is 0 Å². The van der Waals surface area contributed by atoms with E-state index in [1.54, 1.807) is 0 Å². The maximum absolute atomic E-state index is 2.47. The van der Waals surface area contributed by atoms with E-state index < -0.39 is 0 Å². The van der Waals surface area contributed by atoms with Gasteiger partial charge in [-0.25, -0.2) is 0 Å². The summed E-state index contributed by atoms with van der Waals surface area (Å²) >= 11 is 0. The van der Waals surface area contributed by atoms with Gasteiger partial charge in [0.05, 0.1) is 0 Å². The highest BCUT2D eigenvalue weighted by molar-refractivity contribution is 5.86. The molecule has 0 aliphatic heterocycles. The third kappa shape index (κ3) is 2.03. The van der Waals surface area contributed by atoms with Crippen molar-refractivity contribution in [2.45, 2.75) is 20.3 Å². The van der Waals surface area contributed by atoms with E-state index in [0.717, 1.165) is 13.1 Å². The molecule has 1 nitrogen and oxygen atoms in total. The number of rotatable bonds is 4. The highest BCUT2D eigenvalue weighted by Gasteiger charge is 2.22. The third-order valence-corrected chi connectivity index (χ3v) is 3.85. The molecule has 3 rings (SSSR count). The minimum Gasteiger partial charge on any atom is -0.372 e. The molecule has 1 aliphatic rings. The summed E-state index contributed by atoms with van der Waals surface area (Å²) in [6.07, 6.45) is 3.52. The van der Waals surface area contributed by atoms with E-state index in [1.165, 1.54) is 34.4 Å². The predicted octanol–water partition coefficient (Wildman–Crippen LogP) is 4.50. The van der Waals surface area contributed by atoms with Gasteiger partial charge in [0.2, 0.25) is 0 Å². The summed E-state index contributed by atoms with van der Waals surface area (Å²) in [4.78, 5) is 2.47. The van der Waals surface area contributed by atoms with Crippen LogP contribution in [0, 0.1) is 6.42 Å². The van der Waals surface area contributed by atoms with Gasteiger partial charge in [0.25, 0.3) is 0 Å². The van der Waals surface area contributed by atoms with Crippen LogP contribution in [0.4, 0.5) is 5.69 Å². The van der Waals surface area contributed by atoms with Gasteiger partial charge < -0.3 is 4.90 Å². The van der Waals surface area contributed by atoms with Crippen molar-refractivity contribution < 1.29 is 0 Å². The van der Waals surface area contributed by atoms with E-state index >= 15 is 0 Å². The lowest BCUT2D eigenvalue weighted by atomic mass is 10.0. The van der Waals surface area contributed by atoms with Crippen LogP contribution in [0.25, 0.3) is 11.1 Å². The summed E-state index contributed by atoms with van der Waals surface area (Å²) in [6, 6.07) is 15.3. The molecule has 1 heteroatoms. The first-order chi connectivity index (χ1) is 9.35. The quantitative estimate of drug-likeness (QED) is 0.658. The van der Waals surface area contributed by atoms with E-state index in [0.29, 0.717) is 0 Å². The van der Waals surface area contributed by atoms with Crippen LogP contribution in [-0.4, -0.2) is 13.1 Å². The molecule has 0 unspecified atom stereocenters. The Kier molecular flexibility index (Phi) is 3.29. The molecule has 2 aromatic rings. The molecule has 0 saturated carbocycles. The lowest BCUT2D eigenvalue weighted by molar-refractivity contribution is 0.790. The van der Waals surface area contributed by atoms with E-state index in [2.05, 4.69) is 67.6 Å². The van der Waals surface area contributed by atoms with Gasteiger partial charge in [-0.3, -0.25) is 0 Å². The van der Waals surface area contributed by atoms with Crippen molar-refractivity contribution in [1.29, 1.82) is 0 Å². The van der Waals surface area contributed by atoms with Gasteiger partial charge in [0.1, 0.15) is 0 Å². The van der Waals surface area contributed by atoms with Crippen molar-refractivity contribution >= 4 is 5.69 Å². The Hall–Kier alpha value is -1.76. The number of nitrogens with zero attached hydrogens (tertiary/aromatic N) is 1. The smallest absolute Gasteiger partial charge is 0.0411 e. The summed E-state index contributed by atoms with van der Waals surface area (Å²) in [5.41, 5.74) is 6.85. The van der Waals surface area contributed by atoms with Crippen LogP contribution in [0.1, 0.15) is 31.4 Å². The van der Waals surface area contributed by atoms with Crippen molar-refractivity contribution in [2.24, 2.45) is 0 Å². The molecule has 0 N–H and O–H groups in total. The van der Waals surface area contributed by atoms with E-state index in [4.69, 9.17) is 0 Å². The first kappa shape index (κ1) is 12.3. The number of fused-ring (bicyclic) bond motifs is 3. The summed E-state index contributed by atoms with van der Waals surface area (Å²) in [5.74, 6) is 0. The second-order valence-electron chi connectivity index (χ2n) is 5.05. The summed E-state index contributed by atoms with van der Waals surface area (Å²) in [7, 11) is 0. The van der Waals surface area contributed by atoms with E-state index in [9.17, 15) is 0 Å². The molecule has 0 bridgehead atoms. The summed E-state index contributed by atoms with van der Waals surface area (Å²) in [6.45, 7) is 6.66. The highest BCUT2D eigenvalue weighted by atomic mass is 15.1. The van der Waals surface area contributed by atoms with E-state index in [-0.39, 0.29) is 0 Å². The SMILES string of the molecule is CCCN(CC)c1cccc2c1[CH]c1ccccc1-2. The summed E-state index contributed by atoms with van der Waals surface area (Å²) < 4.78 is 0. The Morgan fingerprint density at radius 1 is 0.895 bits per heavy atom. The Bertz CT molecular complexity index is 586. The molecule has 0 saturated heterocycles. The fraction of sp³-hybridized carbons (Fsp3) is 0.278. The summed E-state index contributed by atoms with van der Waals surface area (Å²) in [5, 5.41) is 0. The van der Waals surface area contributed by atoms with Crippen LogP contribution in [0.15, 0.2) is 42.5 Å². The highest BCUT2D eigenvalue weighted by Crippen LogP contribution is 2.42. The van der Waals surface area contributed by atoms with Gasteiger partial charge >= 0.3 is 0 Å². The van der Waals surface area contributed by atoms with Gasteiger partial charge in [0.15, 0.2) is 0 Å². The zero-order chi connectivity index (χ0) is 13.2. The van der Waals surface area contributed by atoms with Crippen molar-refractivity contribution in [3.05, 3.63) is 60.0 Å². The third-order valence-electron chi connectivity index (χ3n) is 3.85. The van der Waals surface area contributed by atoms with Crippen molar-refractivity contribution in [3.8, 4) is 11.1 Å². The van der Waals surface area contributed by atoms with Crippen LogP contribution in [0.5, 0.6) is 0 Å². The molecule has 0 fully saturated rings. The lowest BCUT2D eigenvalue weighted by Crippen LogP contribution is -2.24. The first-order valence-corrected chi connectivity index (χ1v) is 7.17. The molecule has 0 atom stereocenters. The number of anilines is 1. The molecule has 0 spiro atoms. The number of benzene rings is 2. The number of hydrogen-bond donors (Lipinski definition) is 0. The van der Waals surface area contributed by atoms with Gasteiger partial charge in [-0.2, -0.15) is 0 Å². The van der Waals surface area contributed by atoms with Crippen LogP contribution in [0.2, 0.25) is 0 Å². The second kappa shape index (κ2) is 5.08. The van der Waals surface area contributed by atoms with Crippen molar-refractivity contribution in [2.75, 3.05) is 18.0 Å². The Morgan fingerprint density at radius 2 is 1.68 bits per heavy atom. The molecular weight excluding hydrogens is 230 g/mol. The molecule has 97 valence electrons. The predicted molar refractivity (Wildman–Crippen MR) is 82.6 cm³/mol. The minimum atomic E-state index is 1.06. The van der Waals surface area contributed by atoms with Gasteiger partial charge in [-0.15, -0.1) is 0 Å². The molecule has 19 heavy (non-hydrogen) atoms. The first-order valence-electron chi connectivity index (χ1n) is 7.17. The monoisotopic (exact) mass is 250 g/mol. The molecule has 2 aromatic carbocycles. The molecule has 0 heterocycles. The van der Waals surface area contributed by atoms with Crippen LogP contribution >= 0.6 is 0 Å².